The number of carbonyl (C=O) groups is 1. The summed E-state index contributed by atoms with van der Waals surface area (Å²) in [5.41, 5.74) is 1.55. The number of hydrogen-bond acceptors (Lipinski definition) is 5. The van der Waals surface area contributed by atoms with Gasteiger partial charge >= 0.3 is 0 Å². The second kappa shape index (κ2) is 6.16. The summed E-state index contributed by atoms with van der Waals surface area (Å²) in [6, 6.07) is 7.38. The summed E-state index contributed by atoms with van der Waals surface area (Å²) in [5.74, 6) is 2.85. The van der Waals surface area contributed by atoms with Crippen LogP contribution in [0, 0.1) is 0 Å². The Kier molecular flexibility index (Phi) is 3.83. The van der Waals surface area contributed by atoms with Crippen LogP contribution < -0.4 is 0 Å². The lowest BCUT2D eigenvalue weighted by atomic mass is 10.1. The molecule has 7 heteroatoms. The minimum absolute atomic E-state index is 0.00414. The summed E-state index contributed by atoms with van der Waals surface area (Å²) in [6.07, 6.45) is 3.05. The SMILES string of the molecule is CC(C)c1nnc2n1CCN(C(=O)c1ccc(-c3cnco3)cc1)C2. The number of nitrogens with zero attached hydrogens (tertiary/aromatic N) is 5. The standard InChI is InChI=1S/C18H19N5O2/c1-12(2)17-21-20-16-10-22(7-8-23(16)17)18(24)14-5-3-13(4-6-14)15-9-19-11-25-15/h3-6,9,11-12H,7-8,10H2,1-2H3. The van der Waals surface area contributed by atoms with Gasteiger partial charge in [-0.15, -0.1) is 10.2 Å². The van der Waals surface area contributed by atoms with Gasteiger partial charge in [0.2, 0.25) is 0 Å². The van der Waals surface area contributed by atoms with E-state index < -0.39 is 0 Å². The lowest BCUT2D eigenvalue weighted by Crippen LogP contribution is -2.38. The highest BCUT2D eigenvalue weighted by Crippen LogP contribution is 2.22. The molecule has 0 spiro atoms. The van der Waals surface area contributed by atoms with Crippen molar-refractivity contribution in [1.82, 2.24) is 24.6 Å². The van der Waals surface area contributed by atoms with Crippen molar-refractivity contribution in [2.75, 3.05) is 6.54 Å². The number of benzene rings is 1. The van der Waals surface area contributed by atoms with Crippen molar-refractivity contribution in [3.63, 3.8) is 0 Å². The molecule has 1 aromatic carbocycles. The molecule has 0 aliphatic carbocycles. The van der Waals surface area contributed by atoms with Crippen LogP contribution in [0.3, 0.4) is 0 Å². The summed E-state index contributed by atoms with van der Waals surface area (Å²) in [4.78, 5) is 18.5. The van der Waals surface area contributed by atoms with Crippen molar-refractivity contribution in [2.45, 2.75) is 32.9 Å². The largest absolute Gasteiger partial charge is 0.444 e. The Balaban J connectivity index is 1.51. The van der Waals surface area contributed by atoms with E-state index in [4.69, 9.17) is 4.42 Å². The molecule has 2 aromatic heterocycles. The van der Waals surface area contributed by atoms with E-state index >= 15 is 0 Å². The molecule has 128 valence electrons. The number of fused-ring (bicyclic) bond motifs is 1. The van der Waals surface area contributed by atoms with Crippen molar-refractivity contribution in [1.29, 1.82) is 0 Å². The minimum atomic E-state index is 0.00414. The molecule has 25 heavy (non-hydrogen) atoms. The molecule has 0 fully saturated rings. The van der Waals surface area contributed by atoms with Crippen LogP contribution in [0.2, 0.25) is 0 Å². The third-order valence-corrected chi connectivity index (χ3v) is 4.43. The topological polar surface area (TPSA) is 77.1 Å². The second-order valence-electron chi connectivity index (χ2n) is 6.45. The lowest BCUT2D eigenvalue weighted by Gasteiger charge is -2.28. The Labute approximate surface area is 145 Å². The quantitative estimate of drug-likeness (QED) is 0.734. The molecule has 0 unspecified atom stereocenters. The molecule has 1 aliphatic rings. The van der Waals surface area contributed by atoms with E-state index in [0.29, 0.717) is 30.3 Å². The zero-order valence-electron chi connectivity index (χ0n) is 14.2. The van der Waals surface area contributed by atoms with Gasteiger partial charge in [0.05, 0.1) is 12.7 Å². The maximum absolute atomic E-state index is 12.8. The molecule has 0 N–H and O–H groups in total. The summed E-state index contributed by atoms with van der Waals surface area (Å²) in [5, 5.41) is 8.51. The van der Waals surface area contributed by atoms with Crippen molar-refractivity contribution < 1.29 is 9.21 Å². The highest BCUT2D eigenvalue weighted by Gasteiger charge is 2.26. The van der Waals surface area contributed by atoms with Crippen LogP contribution >= 0.6 is 0 Å². The van der Waals surface area contributed by atoms with Crippen LogP contribution in [-0.4, -0.2) is 37.1 Å². The van der Waals surface area contributed by atoms with Crippen molar-refractivity contribution in [3.8, 4) is 11.3 Å². The number of oxazole rings is 1. The highest BCUT2D eigenvalue weighted by molar-refractivity contribution is 5.94. The summed E-state index contributed by atoms with van der Waals surface area (Å²) in [6.45, 7) is 6.09. The summed E-state index contributed by atoms with van der Waals surface area (Å²) >= 11 is 0. The molecule has 0 radical (unpaired) electrons. The Morgan fingerprint density at radius 2 is 1.96 bits per heavy atom. The Morgan fingerprint density at radius 1 is 1.16 bits per heavy atom. The lowest BCUT2D eigenvalue weighted by molar-refractivity contribution is 0.0706. The molecule has 0 bridgehead atoms. The molecule has 0 saturated heterocycles. The molecule has 1 aliphatic heterocycles. The monoisotopic (exact) mass is 337 g/mol. The van der Waals surface area contributed by atoms with E-state index in [1.165, 1.54) is 6.39 Å². The van der Waals surface area contributed by atoms with Gasteiger partial charge in [-0.1, -0.05) is 26.0 Å². The van der Waals surface area contributed by atoms with Crippen molar-refractivity contribution in [3.05, 3.63) is 54.1 Å². The number of rotatable bonds is 3. The van der Waals surface area contributed by atoms with Gasteiger partial charge in [0, 0.05) is 30.1 Å². The smallest absolute Gasteiger partial charge is 0.254 e. The molecular weight excluding hydrogens is 318 g/mol. The van der Waals surface area contributed by atoms with E-state index in [1.54, 1.807) is 6.20 Å². The zero-order valence-corrected chi connectivity index (χ0v) is 14.2. The van der Waals surface area contributed by atoms with Gasteiger partial charge < -0.3 is 13.9 Å². The predicted molar refractivity (Wildman–Crippen MR) is 90.8 cm³/mol. The van der Waals surface area contributed by atoms with E-state index in [9.17, 15) is 4.79 Å². The van der Waals surface area contributed by atoms with Crippen LogP contribution in [0.4, 0.5) is 0 Å². The van der Waals surface area contributed by atoms with Gasteiger partial charge in [0.1, 0.15) is 5.82 Å². The van der Waals surface area contributed by atoms with Crippen LogP contribution in [0.25, 0.3) is 11.3 Å². The van der Waals surface area contributed by atoms with Gasteiger partial charge in [-0.3, -0.25) is 4.79 Å². The Bertz CT molecular complexity index is 881. The maximum atomic E-state index is 12.8. The zero-order chi connectivity index (χ0) is 17.4. The first-order valence-electron chi connectivity index (χ1n) is 8.33. The summed E-state index contributed by atoms with van der Waals surface area (Å²) in [7, 11) is 0. The van der Waals surface area contributed by atoms with Gasteiger partial charge in [0.15, 0.2) is 18.0 Å². The number of amides is 1. The number of carbonyl (C=O) groups excluding carboxylic acids is 1. The predicted octanol–water partition coefficient (Wildman–Crippen LogP) is 2.71. The first-order chi connectivity index (χ1) is 12.1. The molecule has 3 heterocycles. The Hall–Kier alpha value is -2.96. The third-order valence-electron chi connectivity index (χ3n) is 4.43. The van der Waals surface area contributed by atoms with Crippen LogP contribution in [-0.2, 0) is 13.1 Å². The van der Waals surface area contributed by atoms with Gasteiger partial charge in [-0.2, -0.15) is 0 Å². The molecule has 3 aromatic rings. The molecular formula is C18H19N5O2. The van der Waals surface area contributed by atoms with Crippen LogP contribution in [0.15, 0.2) is 41.3 Å². The number of aromatic nitrogens is 4. The van der Waals surface area contributed by atoms with Crippen molar-refractivity contribution in [2.24, 2.45) is 0 Å². The first-order valence-corrected chi connectivity index (χ1v) is 8.33. The van der Waals surface area contributed by atoms with Gasteiger partial charge in [0.25, 0.3) is 5.91 Å². The molecule has 7 nitrogen and oxygen atoms in total. The van der Waals surface area contributed by atoms with E-state index in [1.807, 2.05) is 29.2 Å². The third kappa shape index (κ3) is 2.82. The first kappa shape index (κ1) is 15.6. The normalized spacial score (nSPS) is 14.0. The van der Waals surface area contributed by atoms with Crippen LogP contribution in [0.1, 0.15) is 41.8 Å². The van der Waals surface area contributed by atoms with Crippen LogP contribution in [0.5, 0.6) is 0 Å². The highest BCUT2D eigenvalue weighted by atomic mass is 16.3. The fourth-order valence-corrected chi connectivity index (χ4v) is 3.10. The molecule has 0 saturated carbocycles. The Morgan fingerprint density at radius 3 is 2.64 bits per heavy atom. The minimum Gasteiger partial charge on any atom is -0.444 e. The van der Waals surface area contributed by atoms with Gasteiger partial charge in [-0.05, 0) is 12.1 Å². The second-order valence-corrected chi connectivity index (χ2v) is 6.45. The molecule has 0 atom stereocenters. The fourth-order valence-electron chi connectivity index (χ4n) is 3.10. The average molecular weight is 337 g/mol. The fraction of sp³-hybridized carbons (Fsp3) is 0.333. The number of hydrogen-bond donors (Lipinski definition) is 0. The van der Waals surface area contributed by atoms with Gasteiger partial charge in [-0.25, -0.2) is 4.98 Å². The molecule has 1 amide bonds. The average Bonchev–Trinajstić information content (AvgIpc) is 3.30. The van der Waals surface area contributed by atoms with Crippen molar-refractivity contribution >= 4 is 5.91 Å². The molecule has 4 rings (SSSR count). The summed E-state index contributed by atoms with van der Waals surface area (Å²) < 4.78 is 7.40. The van der Waals surface area contributed by atoms with E-state index in [-0.39, 0.29) is 5.91 Å². The van der Waals surface area contributed by atoms with E-state index in [0.717, 1.165) is 23.8 Å². The van der Waals surface area contributed by atoms with E-state index in [2.05, 4.69) is 33.6 Å². The maximum Gasteiger partial charge on any atom is 0.254 e.